The Labute approximate surface area is 203 Å². The molecule has 2 amide bonds. The zero-order valence-electron chi connectivity index (χ0n) is 20.1. The van der Waals surface area contributed by atoms with Crippen LogP contribution in [0.3, 0.4) is 0 Å². The molecule has 3 N–H and O–H groups in total. The molecular formula is C24H33N5O4S. The summed E-state index contributed by atoms with van der Waals surface area (Å²) in [6.07, 6.45) is 3.87. The standard InChI is InChI=1S/C24H33N5O4S/c1-5-14(3)26-19-9-13(2)16(10-25-19)21-20(24(32)29-8-6-7-15(29)4)28-23(34-21)22(31)27-17-11-33-12-18(17)30/h9-10,14-15,17-18,30H,5-8,11-12H2,1-4H3,(H,25,26)(H,27,31)/t14-,15-,17+,18+/m0/s1. The summed E-state index contributed by atoms with van der Waals surface area (Å²) in [6.45, 7) is 9.32. The molecule has 34 heavy (non-hydrogen) atoms. The van der Waals surface area contributed by atoms with Crippen molar-refractivity contribution in [3.8, 4) is 10.4 Å². The maximum atomic E-state index is 13.5. The summed E-state index contributed by atoms with van der Waals surface area (Å²) in [5.41, 5.74) is 2.00. The number of aromatic nitrogens is 2. The minimum Gasteiger partial charge on any atom is -0.388 e. The highest BCUT2D eigenvalue weighted by Gasteiger charge is 2.33. The molecule has 10 heteroatoms. The van der Waals surface area contributed by atoms with Crippen LogP contribution in [0.5, 0.6) is 0 Å². The monoisotopic (exact) mass is 487 g/mol. The molecule has 0 radical (unpaired) electrons. The van der Waals surface area contributed by atoms with E-state index < -0.39 is 18.1 Å². The summed E-state index contributed by atoms with van der Waals surface area (Å²) in [5.74, 6) is 0.185. The van der Waals surface area contributed by atoms with Crippen molar-refractivity contribution in [3.05, 3.63) is 28.5 Å². The van der Waals surface area contributed by atoms with Crippen LogP contribution in [0.25, 0.3) is 10.4 Å². The Morgan fingerprint density at radius 2 is 2.18 bits per heavy atom. The van der Waals surface area contributed by atoms with E-state index in [1.165, 1.54) is 11.3 Å². The number of rotatable bonds is 7. The molecule has 184 valence electrons. The van der Waals surface area contributed by atoms with E-state index in [0.29, 0.717) is 17.5 Å². The van der Waals surface area contributed by atoms with Gasteiger partial charge >= 0.3 is 0 Å². The number of aryl methyl sites for hydroxylation is 1. The molecule has 0 saturated carbocycles. The number of carbonyl (C=O) groups excluding carboxylic acids is 2. The fourth-order valence-electron chi connectivity index (χ4n) is 4.25. The van der Waals surface area contributed by atoms with E-state index in [0.717, 1.165) is 36.2 Å². The lowest BCUT2D eigenvalue weighted by molar-refractivity contribution is 0.0743. The molecule has 2 saturated heterocycles. The highest BCUT2D eigenvalue weighted by molar-refractivity contribution is 7.17. The lowest BCUT2D eigenvalue weighted by Gasteiger charge is -2.21. The molecule has 0 bridgehead atoms. The molecule has 9 nitrogen and oxygen atoms in total. The second kappa shape index (κ2) is 10.4. The van der Waals surface area contributed by atoms with Crippen molar-refractivity contribution >= 4 is 29.0 Å². The van der Waals surface area contributed by atoms with Gasteiger partial charge in [-0.05, 0) is 51.7 Å². The zero-order chi connectivity index (χ0) is 24.4. The number of nitrogens with zero attached hydrogens (tertiary/aromatic N) is 3. The normalized spacial score (nSPS) is 23.2. The highest BCUT2D eigenvalue weighted by Crippen LogP contribution is 2.35. The molecule has 2 fully saturated rings. The van der Waals surface area contributed by atoms with E-state index in [-0.39, 0.29) is 35.9 Å². The summed E-state index contributed by atoms with van der Waals surface area (Å²) >= 11 is 1.18. The van der Waals surface area contributed by atoms with Gasteiger partial charge in [0, 0.05) is 30.4 Å². The summed E-state index contributed by atoms with van der Waals surface area (Å²) in [7, 11) is 0. The average Bonchev–Trinajstić information content (AvgIpc) is 3.54. The number of nitrogens with one attached hydrogen (secondary N) is 2. The molecular weight excluding hydrogens is 454 g/mol. The van der Waals surface area contributed by atoms with Crippen molar-refractivity contribution in [3.63, 3.8) is 0 Å². The first kappa shape index (κ1) is 24.6. The van der Waals surface area contributed by atoms with Crippen LogP contribution in [0, 0.1) is 6.92 Å². The van der Waals surface area contributed by atoms with E-state index in [1.807, 2.05) is 24.8 Å². The van der Waals surface area contributed by atoms with Crippen LogP contribution in [0.1, 0.15) is 65.9 Å². The van der Waals surface area contributed by atoms with Gasteiger partial charge < -0.3 is 25.4 Å². The molecule has 2 aromatic heterocycles. The summed E-state index contributed by atoms with van der Waals surface area (Å²) in [6, 6.07) is 1.89. The first-order valence-corrected chi connectivity index (χ1v) is 12.7. The van der Waals surface area contributed by atoms with Gasteiger partial charge in [-0.3, -0.25) is 9.59 Å². The molecule has 0 aromatic carbocycles. The lowest BCUT2D eigenvalue weighted by atomic mass is 10.1. The SMILES string of the molecule is CC[C@H](C)Nc1cc(C)c(-c2sc(C(=O)N[C@@H]3COC[C@H]3O)nc2C(=O)N2CCC[C@@H]2C)cn1. The molecule has 0 unspecified atom stereocenters. The Hall–Kier alpha value is -2.56. The predicted molar refractivity (Wildman–Crippen MR) is 131 cm³/mol. The number of aliphatic hydroxyl groups excluding tert-OH is 1. The Kier molecular flexibility index (Phi) is 7.49. The quantitative estimate of drug-likeness (QED) is 0.550. The molecule has 0 spiro atoms. The summed E-state index contributed by atoms with van der Waals surface area (Å²) < 4.78 is 5.23. The lowest BCUT2D eigenvalue weighted by Crippen LogP contribution is -2.42. The van der Waals surface area contributed by atoms with Crippen LogP contribution < -0.4 is 10.6 Å². The number of hydrogen-bond acceptors (Lipinski definition) is 8. The third-order valence-electron chi connectivity index (χ3n) is 6.57. The molecule has 4 rings (SSSR count). The first-order chi connectivity index (χ1) is 16.3. The maximum absolute atomic E-state index is 13.5. The van der Waals surface area contributed by atoms with Crippen LogP contribution in [0.4, 0.5) is 5.82 Å². The van der Waals surface area contributed by atoms with Crippen molar-refractivity contribution in [2.75, 3.05) is 25.1 Å². The summed E-state index contributed by atoms with van der Waals surface area (Å²) in [4.78, 5) is 38.0. The number of carbonyl (C=O) groups is 2. The van der Waals surface area contributed by atoms with Gasteiger partial charge in [0.25, 0.3) is 11.8 Å². The highest BCUT2D eigenvalue weighted by atomic mass is 32.1. The Balaban J connectivity index is 1.68. The van der Waals surface area contributed by atoms with Gasteiger partial charge in [-0.15, -0.1) is 11.3 Å². The number of pyridine rings is 1. The topological polar surface area (TPSA) is 117 Å². The molecule has 4 atom stereocenters. The van der Waals surface area contributed by atoms with E-state index >= 15 is 0 Å². The van der Waals surface area contributed by atoms with Gasteiger partial charge in [0.2, 0.25) is 0 Å². The Morgan fingerprint density at radius 3 is 2.79 bits per heavy atom. The van der Waals surface area contributed by atoms with Gasteiger partial charge in [-0.25, -0.2) is 9.97 Å². The third-order valence-corrected chi connectivity index (χ3v) is 7.65. The van der Waals surface area contributed by atoms with E-state index in [9.17, 15) is 14.7 Å². The summed E-state index contributed by atoms with van der Waals surface area (Å²) in [5, 5.41) is 16.3. The van der Waals surface area contributed by atoms with Gasteiger partial charge in [0.1, 0.15) is 11.5 Å². The van der Waals surface area contributed by atoms with Crippen LogP contribution >= 0.6 is 11.3 Å². The van der Waals surface area contributed by atoms with E-state index in [1.54, 1.807) is 6.20 Å². The molecule has 2 aromatic rings. The van der Waals surface area contributed by atoms with Crippen molar-refractivity contribution in [1.29, 1.82) is 0 Å². The van der Waals surface area contributed by atoms with Crippen LogP contribution in [-0.2, 0) is 4.74 Å². The number of aliphatic hydroxyl groups is 1. The zero-order valence-corrected chi connectivity index (χ0v) is 20.9. The van der Waals surface area contributed by atoms with Gasteiger partial charge in [-0.1, -0.05) is 6.92 Å². The number of anilines is 1. The largest absolute Gasteiger partial charge is 0.388 e. The second-order valence-corrected chi connectivity index (χ2v) is 10.2. The predicted octanol–water partition coefficient (Wildman–Crippen LogP) is 2.84. The fraction of sp³-hybridized carbons (Fsp3) is 0.583. The van der Waals surface area contributed by atoms with Gasteiger partial charge in [0.05, 0.1) is 30.2 Å². The molecule has 4 heterocycles. The minimum absolute atomic E-state index is 0.131. The van der Waals surface area contributed by atoms with Crippen LogP contribution in [-0.4, -0.2) is 75.8 Å². The molecule has 0 aliphatic carbocycles. The van der Waals surface area contributed by atoms with Crippen molar-refractivity contribution in [1.82, 2.24) is 20.2 Å². The first-order valence-electron chi connectivity index (χ1n) is 11.9. The maximum Gasteiger partial charge on any atom is 0.280 e. The van der Waals surface area contributed by atoms with Gasteiger partial charge in [-0.2, -0.15) is 0 Å². The van der Waals surface area contributed by atoms with Crippen LogP contribution in [0.2, 0.25) is 0 Å². The smallest absolute Gasteiger partial charge is 0.280 e. The number of thiazole rings is 1. The van der Waals surface area contributed by atoms with E-state index in [4.69, 9.17) is 4.74 Å². The number of amides is 2. The van der Waals surface area contributed by atoms with Crippen molar-refractivity contribution in [2.45, 2.75) is 71.2 Å². The Morgan fingerprint density at radius 1 is 1.38 bits per heavy atom. The van der Waals surface area contributed by atoms with Gasteiger partial charge in [0.15, 0.2) is 5.01 Å². The number of ether oxygens (including phenoxy) is 1. The van der Waals surface area contributed by atoms with Crippen molar-refractivity contribution < 1.29 is 19.4 Å². The number of likely N-dealkylation sites (tertiary alicyclic amines) is 1. The second-order valence-electron chi connectivity index (χ2n) is 9.21. The van der Waals surface area contributed by atoms with Crippen molar-refractivity contribution in [2.24, 2.45) is 0 Å². The average molecular weight is 488 g/mol. The minimum atomic E-state index is -0.757. The molecule has 2 aliphatic heterocycles. The third kappa shape index (κ3) is 5.08. The fourth-order valence-corrected chi connectivity index (χ4v) is 5.29. The van der Waals surface area contributed by atoms with Crippen LogP contribution in [0.15, 0.2) is 12.3 Å². The Bertz CT molecular complexity index is 1060. The number of hydrogen-bond donors (Lipinski definition) is 3. The molecule has 2 aliphatic rings. The van der Waals surface area contributed by atoms with E-state index in [2.05, 4.69) is 34.4 Å².